The minimum Gasteiger partial charge on any atom is -0.508 e. The van der Waals surface area contributed by atoms with E-state index >= 15 is 0 Å². The van der Waals surface area contributed by atoms with Crippen LogP contribution in [0.5, 0.6) is 5.75 Å². The molecular weight excluding hydrogens is 622 g/mol. The Bertz CT molecular complexity index is 1180. The van der Waals surface area contributed by atoms with Crippen molar-refractivity contribution in [2.75, 3.05) is 32.2 Å². The Balaban J connectivity index is 2.10. The number of carbonyl (C=O) groups excluding carboxylic acids is 5. The number of phenols is 1. The average Bonchev–Trinajstić information content (AvgIpc) is 3.04. The second kappa shape index (κ2) is 20.8. The molecule has 0 bridgehead atoms. The first-order chi connectivity index (χ1) is 22.4. The summed E-state index contributed by atoms with van der Waals surface area (Å²) in [7, 11) is 1.34. The monoisotopic (exact) mass is 677 g/mol. The van der Waals surface area contributed by atoms with E-state index in [1.165, 1.54) is 23.8 Å². The van der Waals surface area contributed by atoms with Crippen LogP contribution in [0, 0.1) is 19.8 Å². The van der Waals surface area contributed by atoms with Gasteiger partial charge in [-0.1, -0.05) is 38.5 Å². The van der Waals surface area contributed by atoms with Crippen molar-refractivity contribution < 1.29 is 33.8 Å². The first-order valence-electron chi connectivity index (χ1n) is 16.6. The van der Waals surface area contributed by atoms with Gasteiger partial charge in [0.05, 0.1) is 19.7 Å². The van der Waals surface area contributed by atoms with Crippen LogP contribution in [0.25, 0.3) is 0 Å². The lowest BCUT2D eigenvalue weighted by molar-refractivity contribution is -0.141. The molecule has 0 saturated heterocycles. The number of thioether (sulfide) groups is 1. The number of phenolic OH excluding ortho intramolecular Hbond substituents is 1. The van der Waals surface area contributed by atoms with Crippen LogP contribution in [0.2, 0.25) is 0 Å². The lowest BCUT2D eigenvalue weighted by atomic mass is 9.84. The van der Waals surface area contributed by atoms with Gasteiger partial charge in [-0.2, -0.15) is 11.8 Å². The Morgan fingerprint density at radius 1 is 1.04 bits per heavy atom. The van der Waals surface area contributed by atoms with E-state index in [0.717, 1.165) is 48.8 Å². The van der Waals surface area contributed by atoms with Crippen LogP contribution in [-0.2, 0) is 35.1 Å². The highest BCUT2D eigenvalue weighted by molar-refractivity contribution is 7.98. The predicted octanol–water partition coefficient (Wildman–Crippen LogP) is 2.62. The lowest BCUT2D eigenvalue weighted by Gasteiger charge is -2.33. The molecule has 2 rings (SSSR count). The number of benzene rings is 1. The van der Waals surface area contributed by atoms with Gasteiger partial charge in [-0.05, 0) is 92.7 Å². The van der Waals surface area contributed by atoms with Crippen molar-refractivity contribution in [3.63, 3.8) is 0 Å². The van der Waals surface area contributed by atoms with Crippen LogP contribution in [-0.4, -0.2) is 89.9 Å². The van der Waals surface area contributed by atoms with Gasteiger partial charge in [0.1, 0.15) is 17.8 Å². The van der Waals surface area contributed by atoms with E-state index in [9.17, 15) is 29.1 Å². The summed E-state index contributed by atoms with van der Waals surface area (Å²) in [6, 6.07) is 0.565. The largest absolute Gasteiger partial charge is 0.508 e. The number of primary amides is 1. The Kier molecular flexibility index (Phi) is 17.7. The molecule has 3 atom stereocenters. The molecule has 13 heteroatoms. The van der Waals surface area contributed by atoms with E-state index in [0.29, 0.717) is 37.9 Å². The summed E-state index contributed by atoms with van der Waals surface area (Å²) in [5.41, 5.74) is 14.6. The van der Waals surface area contributed by atoms with Gasteiger partial charge in [-0.25, -0.2) is 0 Å². The van der Waals surface area contributed by atoms with Gasteiger partial charge < -0.3 is 36.8 Å². The number of hydrogen-bond acceptors (Lipinski definition) is 9. The van der Waals surface area contributed by atoms with Gasteiger partial charge in [0, 0.05) is 13.0 Å². The minimum atomic E-state index is -0.936. The van der Waals surface area contributed by atoms with Gasteiger partial charge in [0.25, 0.3) is 0 Å². The van der Waals surface area contributed by atoms with Crippen LogP contribution in [0.15, 0.2) is 12.1 Å². The highest BCUT2D eigenvalue weighted by atomic mass is 32.2. The molecule has 47 heavy (non-hydrogen) atoms. The molecule has 1 aromatic rings. The molecule has 0 unspecified atom stereocenters. The van der Waals surface area contributed by atoms with E-state index in [1.807, 2.05) is 20.1 Å². The number of ether oxygens (including phenoxy) is 1. The van der Waals surface area contributed by atoms with E-state index in [-0.39, 0.29) is 43.6 Å². The van der Waals surface area contributed by atoms with E-state index in [2.05, 4.69) is 10.6 Å². The zero-order chi connectivity index (χ0) is 34.9. The molecule has 1 aromatic carbocycles. The number of nitrogens with two attached hydrogens (primary N) is 2. The highest BCUT2D eigenvalue weighted by Gasteiger charge is 2.32. The van der Waals surface area contributed by atoms with Crippen molar-refractivity contribution in [2.24, 2.45) is 17.4 Å². The van der Waals surface area contributed by atoms with E-state index in [1.54, 1.807) is 12.1 Å². The molecule has 1 aliphatic rings. The van der Waals surface area contributed by atoms with E-state index in [4.69, 9.17) is 16.2 Å². The first-order valence-corrected chi connectivity index (χ1v) is 18.0. The number of methoxy groups -OCH3 is 1. The summed E-state index contributed by atoms with van der Waals surface area (Å²) >= 11 is 1.52. The summed E-state index contributed by atoms with van der Waals surface area (Å²) in [6.45, 7) is 3.57. The van der Waals surface area contributed by atoms with Crippen molar-refractivity contribution in [3.05, 3.63) is 28.8 Å². The van der Waals surface area contributed by atoms with Crippen molar-refractivity contribution in [3.8, 4) is 5.75 Å². The smallest absolute Gasteiger partial charge is 0.305 e. The number of hydrogen-bond donors (Lipinski definition) is 5. The molecule has 0 aromatic heterocycles. The number of carbonyl (C=O) groups is 5. The van der Waals surface area contributed by atoms with Crippen molar-refractivity contribution in [1.29, 1.82) is 0 Å². The van der Waals surface area contributed by atoms with Gasteiger partial charge in [0.2, 0.25) is 23.6 Å². The number of amides is 4. The molecule has 1 saturated carbocycles. The zero-order valence-electron chi connectivity index (χ0n) is 28.5. The van der Waals surface area contributed by atoms with Crippen LogP contribution in [0.1, 0.15) is 87.3 Å². The van der Waals surface area contributed by atoms with Crippen molar-refractivity contribution in [1.82, 2.24) is 15.5 Å². The Morgan fingerprint density at radius 2 is 1.70 bits per heavy atom. The molecule has 0 radical (unpaired) electrons. The average molecular weight is 678 g/mol. The second-order valence-electron chi connectivity index (χ2n) is 12.6. The molecule has 7 N–H and O–H groups in total. The highest BCUT2D eigenvalue weighted by Crippen LogP contribution is 2.29. The summed E-state index contributed by atoms with van der Waals surface area (Å²) in [6.07, 6.45) is 10.2. The summed E-state index contributed by atoms with van der Waals surface area (Å²) < 4.78 is 4.70. The number of nitrogens with zero attached hydrogens (tertiary/aromatic N) is 1. The minimum absolute atomic E-state index is 0.137. The fourth-order valence-electron chi connectivity index (χ4n) is 6.20. The topological polar surface area (TPSA) is 194 Å². The fourth-order valence-corrected chi connectivity index (χ4v) is 6.67. The molecule has 12 nitrogen and oxygen atoms in total. The summed E-state index contributed by atoms with van der Waals surface area (Å²) in [5.74, 6) is -1.33. The zero-order valence-corrected chi connectivity index (χ0v) is 29.3. The Labute approximate surface area is 283 Å². The van der Waals surface area contributed by atoms with Crippen molar-refractivity contribution >= 4 is 41.4 Å². The molecule has 0 heterocycles. The maximum absolute atomic E-state index is 13.6. The quantitative estimate of drug-likeness (QED) is 0.102. The molecule has 1 aliphatic carbocycles. The maximum atomic E-state index is 13.6. The Hall–Kier alpha value is -3.32. The summed E-state index contributed by atoms with van der Waals surface area (Å²) in [4.78, 5) is 65.7. The van der Waals surface area contributed by atoms with Gasteiger partial charge >= 0.3 is 5.97 Å². The molecular formula is C34H55N5O7S. The van der Waals surface area contributed by atoms with Crippen LogP contribution in [0.3, 0.4) is 0 Å². The summed E-state index contributed by atoms with van der Waals surface area (Å²) in [5, 5.41) is 15.3. The number of aryl methyl sites for hydroxylation is 2. The Morgan fingerprint density at radius 3 is 2.30 bits per heavy atom. The molecule has 264 valence electrons. The van der Waals surface area contributed by atoms with Crippen molar-refractivity contribution in [2.45, 2.75) is 109 Å². The lowest BCUT2D eigenvalue weighted by Crippen LogP contribution is -2.55. The number of esters is 1. The number of rotatable bonds is 20. The fraction of sp³-hybridized carbons (Fsp3) is 0.676. The third-order valence-corrected chi connectivity index (χ3v) is 9.56. The van der Waals surface area contributed by atoms with Gasteiger partial charge in [-0.3, -0.25) is 24.0 Å². The van der Waals surface area contributed by atoms with Crippen LogP contribution >= 0.6 is 11.8 Å². The molecule has 4 amide bonds. The van der Waals surface area contributed by atoms with Crippen LogP contribution in [0.4, 0.5) is 0 Å². The third kappa shape index (κ3) is 13.7. The SMILES string of the molecule is COC(=O)CCCCCN(C(=O)CNC(=O)[C@@H](CCSC)NC(=O)[C@@H](N)Cc1c(C)cc(O)cc1C)[C@@H](CC1CCCCC1)C(N)=O. The molecule has 0 aliphatic heterocycles. The predicted molar refractivity (Wildman–Crippen MR) is 184 cm³/mol. The number of unbranched alkanes of at least 4 members (excludes halogenated alkanes) is 2. The maximum Gasteiger partial charge on any atom is 0.305 e. The molecule has 1 fully saturated rings. The standard InChI is InChI=1S/C34H55N5O7S/c1-22-17-25(40)18-23(2)26(22)20-27(35)33(44)38-28(14-16-47-4)34(45)37-21-30(41)39(15-10-6-9-13-31(42)46-3)29(32(36)43)19-24-11-7-5-8-12-24/h17-18,24,27-29,40H,5-16,19-21,35H2,1-4H3,(H2,36,43)(H,37,45)(H,38,44)/t27-,28+,29-/m0/s1. The third-order valence-electron chi connectivity index (χ3n) is 8.91. The number of nitrogens with one attached hydrogen (secondary N) is 2. The first kappa shape index (κ1) is 39.9. The van der Waals surface area contributed by atoms with Crippen LogP contribution < -0.4 is 22.1 Å². The second-order valence-corrected chi connectivity index (χ2v) is 13.5. The number of aromatic hydroxyl groups is 1. The van der Waals surface area contributed by atoms with Gasteiger partial charge in [0.15, 0.2) is 0 Å². The van der Waals surface area contributed by atoms with E-state index < -0.39 is 41.8 Å². The molecule has 0 spiro atoms. The van der Waals surface area contributed by atoms with Gasteiger partial charge in [-0.15, -0.1) is 0 Å². The normalized spacial score (nSPS) is 15.3.